The van der Waals surface area contributed by atoms with Crippen LogP contribution < -0.4 is 5.32 Å². The van der Waals surface area contributed by atoms with Gasteiger partial charge in [-0.3, -0.25) is 19.6 Å². The Hall–Kier alpha value is -1.65. The van der Waals surface area contributed by atoms with E-state index in [1.165, 1.54) is 0 Å². The summed E-state index contributed by atoms with van der Waals surface area (Å²) in [5.74, 6) is -0.0974. The summed E-state index contributed by atoms with van der Waals surface area (Å²) in [6.07, 6.45) is 4.92. The lowest BCUT2D eigenvalue weighted by Gasteiger charge is -2.30. The highest BCUT2D eigenvalue weighted by molar-refractivity contribution is 5.99. The van der Waals surface area contributed by atoms with Gasteiger partial charge >= 0.3 is 0 Å². The molecule has 2 rings (SSSR count). The van der Waals surface area contributed by atoms with Crippen LogP contribution in [-0.4, -0.2) is 21.6 Å². The van der Waals surface area contributed by atoms with Crippen molar-refractivity contribution in [2.75, 3.05) is 0 Å². The van der Waals surface area contributed by atoms with Crippen LogP contribution in [0.3, 0.4) is 0 Å². The van der Waals surface area contributed by atoms with Crippen molar-refractivity contribution in [3.63, 3.8) is 0 Å². The molecule has 1 saturated heterocycles. The van der Waals surface area contributed by atoms with E-state index < -0.39 is 0 Å². The number of piperidine rings is 1. The van der Waals surface area contributed by atoms with Crippen LogP contribution >= 0.6 is 0 Å². The van der Waals surface area contributed by atoms with Crippen molar-refractivity contribution in [1.29, 1.82) is 0 Å². The summed E-state index contributed by atoms with van der Waals surface area (Å²) < 4.78 is 1.87. The lowest BCUT2D eigenvalue weighted by atomic mass is 9.77. The highest BCUT2D eigenvalue weighted by Crippen LogP contribution is 2.35. The molecule has 5 heteroatoms. The third kappa shape index (κ3) is 3.08. The van der Waals surface area contributed by atoms with E-state index in [1.54, 1.807) is 6.20 Å². The summed E-state index contributed by atoms with van der Waals surface area (Å²) in [6, 6.07) is 0.278. The van der Waals surface area contributed by atoms with E-state index in [0.717, 1.165) is 12.0 Å². The van der Waals surface area contributed by atoms with Gasteiger partial charge in [0, 0.05) is 30.5 Å². The normalized spacial score (nSPS) is 23.5. The van der Waals surface area contributed by atoms with Crippen LogP contribution in [0.5, 0.6) is 0 Å². The number of amides is 2. The van der Waals surface area contributed by atoms with Crippen LogP contribution in [0.1, 0.15) is 58.1 Å². The number of hydrogen-bond acceptors (Lipinski definition) is 3. The van der Waals surface area contributed by atoms with E-state index in [9.17, 15) is 9.59 Å². The smallest absolute Gasteiger partial charge is 0.230 e. The first kappa shape index (κ1) is 14.8. The molecule has 0 spiro atoms. The molecule has 0 bridgehead atoms. The molecular formula is C15H23N3O2. The number of imide groups is 1. The predicted octanol–water partition coefficient (Wildman–Crippen LogP) is 2.26. The molecule has 0 aliphatic carbocycles. The van der Waals surface area contributed by atoms with Crippen molar-refractivity contribution < 1.29 is 9.59 Å². The summed E-state index contributed by atoms with van der Waals surface area (Å²) in [7, 11) is 0. The van der Waals surface area contributed by atoms with Crippen LogP contribution in [0.4, 0.5) is 0 Å². The van der Waals surface area contributed by atoms with Crippen LogP contribution in [0.25, 0.3) is 0 Å². The molecule has 1 N–H and O–H groups in total. The molecule has 20 heavy (non-hydrogen) atoms. The molecule has 1 aromatic rings. The van der Waals surface area contributed by atoms with Gasteiger partial charge in [0.1, 0.15) is 0 Å². The lowest BCUT2D eigenvalue weighted by molar-refractivity contribution is -0.137. The highest BCUT2D eigenvalue weighted by Gasteiger charge is 2.37. The predicted molar refractivity (Wildman–Crippen MR) is 76.1 cm³/mol. The number of rotatable bonds is 4. The minimum absolute atomic E-state index is 0.0499. The maximum Gasteiger partial charge on any atom is 0.230 e. The molecule has 1 fully saturated rings. The largest absolute Gasteiger partial charge is 0.296 e. The molecule has 5 nitrogen and oxygen atoms in total. The Morgan fingerprint density at radius 2 is 2.05 bits per heavy atom. The molecular weight excluding hydrogens is 254 g/mol. The Kier molecular flexibility index (Phi) is 4.26. The Morgan fingerprint density at radius 1 is 1.35 bits per heavy atom. The molecule has 1 aromatic heterocycles. The zero-order valence-corrected chi connectivity index (χ0v) is 12.6. The Balaban J connectivity index is 2.27. The molecule has 0 radical (unpaired) electrons. The zero-order chi connectivity index (χ0) is 14.9. The van der Waals surface area contributed by atoms with Gasteiger partial charge in [-0.15, -0.1) is 0 Å². The van der Waals surface area contributed by atoms with Gasteiger partial charge in [0.15, 0.2) is 0 Å². The Morgan fingerprint density at radius 3 is 2.60 bits per heavy atom. The molecule has 1 aliphatic heterocycles. The maximum atomic E-state index is 12.1. The van der Waals surface area contributed by atoms with Crippen molar-refractivity contribution in [2.45, 2.75) is 52.5 Å². The van der Waals surface area contributed by atoms with Crippen molar-refractivity contribution >= 4 is 11.8 Å². The van der Waals surface area contributed by atoms with Crippen LogP contribution in [0, 0.1) is 11.8 Å². The van der Waals surface area contributed by atoms with Gasteiger partial charge in [-0.2, -0.15) is 5.10 Å². The summed E-state index contributed by atoms with van der Waals surface area (Å²) in [5.41, 5.74) is 0.993. The fourth-order valence-electron chi connectivity index (χ4n) is 2.76. The number of hydrogen-bond donors (Lipinski definition) is 1. The molecule has 2 unspecified atom stereocenters. The molecule has 0 saturated carbocycles. The highest BCUT2D eigenvalue weighted by atomic mass is 16.2. The first-order valence-electron chi connectivity index (χ1n) is 7.26. The van der Waals surface area contributed by atoms with Gasteiger partial charge in [0.2, 0.25) is 11.8 Å². The van der Waals surface area contributed by atoms with Gasteiger partial charge in [0.05, 0.1) is 6.20 Å². The first-order chi connectivity index (χ1) is 9.38. The van der Waals surface area contributed by atoms with Crippen molar-refractivity contribution in [3.8, 4) is 0 Å². The number of nitrogens with one attached hydrogen (secondary N) is 1. The maximum absolute atomic E-state index is 12.1. The van der Waals surface area contributed by atoms with E-state index in [-0.39, 0.29) is 29.7 Å². The molecule has 2 amide bonds. The van der Waals surface area contributed by atoms with Crippen molar-refractivity contribution in [2.24, 2.45) is 11.8 Å². The topological polar surface area (TPSA) is 64.0 Å². The van der Waals surface area contributed by atoms with Crippen molar-refractivity contribution in [1.82, 2.24) is 15.1 Å². The second-order valence-corrected chi connectivity index (χ2v) is 6.31. The van der Waals surface area contributed by atoms with E-state index in [4.69, 9.17) is 0 Å². The third-order valence-corrected chi connectivity index (χ3v) is 3.79. The number of carbonyl (C=O) groups is 2. The number of nitrogens with zero attached hydrogens (tertiary/aromatic N) is 2. The van der Waals surface area contributed by atoms with Crippen LogP contribution in [0.15, 0.2) is 12.4 Å². The minimum atomic E-state index is -0.183. The fourth-order valence-corrected chi connectivity index (χ4v) is 2.76. The lowest BCUT2D eigenvalue weighted by Crippen LogP contribution is -2.45. The van der Waals surface area contributed by atoms with Gasteiger partial charge in [-0.25, -0.2) is 0 Å². The zero-order valence-electron chi connectivity index (χ0n) is 12.6. The number of carbonyl (C=O) groups excluding carboxylic acids is 2. The molecule has 110 valence electrons. The SMILES string of the molecule is CC(C)CC1C(=O)NC(=O)CC1c1cnn(C(C)C)c1. The van der Waals surface area contributed by atoms with Gasteiger partial charge < -0.3 is 0 Å². The van der Waals surface area contributed by atoms with Crippen LogP contribution in [0.2, 0.25) is 0 Å². The summed E-state index contributed by atoms with van der Waals surface area (Å²) in [5, 5.41) is 6.79. The summed E-state index contributed by atoms with van der Waals surface area (Å²) >= 11 is 0. The second-order valence-electron chi connectivity index (χ2n) is 6.31. The standard InChI is InChI=1S/C15H23N3O2/c1-9(2)5-13-12(6-14(19)17-15(13)20)11-7-16-18(8-11)10(3)4/h7-10,12-13H,5-6H2,1-4H3,(H,17,19,20). The third-order valence-electron chi connectivity index (χ3n) is 3.79. The molecule has 2 heterocycles. The minimum Gasteiger partial charge on any atom is -0.296 e. The average Bonchev–Trinajstić information content (AvgIpc) is 2.81. The van der Waals surface area contributed by atoms with Gasteiger partial charge in [0.25, 0.3) is 0 Å². The quantitative estimate of drug-likeness (QED) is 0.859. The fraction of sp³-hybridized carbons (Fsp3) is 0.667. The summed E-state index contributed by atoms with van der Waals surface area (Å²) in [4.78, 5) is 23.8. The first-order valence-corrected chi connectivity index (χ1v) is 7.26. The molecule has 2 atom stereocenters. The monoisotopic (exact) mass is 277 g/mol. The van der Waals surface area contributed by atoms with E-state index in [1.807, 2.05) is 10.9 Å². The average molecular weight is 277 g/mol. The Bertz CT molecular complexity index is 505. The van der Waals surface area contributed by atoms with Gasteiger partial charge in [-0.1, -0.05) is 13.8 Å². The summed E-state index contributed by atoms with van der Waals surface area (Å²) in [6.45, 7) is 8.30. The van der Waals surface area contributed by atoms with Gasteiger partial charge in [-0.05, 0) is 31.7 Å². The molecule has 0 aromatic carbocycles. The Labute approximate surface area is 119 Å². The number of aromatic nitrogens is 2. The second kappa shape index (κ2) is 5.77. The van der Waals surface area contributed by atoms with Crippen LogP contribution in [-0.2, 0) is 9.59 Å². The van der Waals surface area contributed by atoms with E-state index in [0.29, 0.717) is 12.3 Å². The molecule has 1 aliphatic rings. The van der Waals surface area contributed by atoms with E-state index in [2.05, 4.69) is 38.1 Å². The van der Waals surface area contributed by atoms with Crippen molar-refractivity contribution in [3.05, 3.63) is 18.0 Å². The van der Waals surface area contributed by atoms with E-state index >= 15 is 0 Å².